The van der Waals surface area contributed by atoms with Gasteiger partial charge in [-0.3, -0.25) is 20.0 Å². The van der Waals surface area contributed by atoms with E-state index in [9.17, 15) is 14.7 Å². The zero-order valence-electron chi connectivity index (χ0n) is 5.96. The highest BCUT2D eigenvalue weighted by Gasteiger charge is 2.29. The summed E-state index contributed by atoms with van der Waals surface area (Å²) < 4.78 is 0. The minimum atomic E-state index is -0.597. The smallest absolute Gasteiger partial charge is 0.262 e. The van der Waals surface area contributed by atoms with Gasteiger partial charge in [-0.15, -0.1) is 0 Å². The van der Waals surface area contributed by atoms with E-state index in [4.69, 9.17) is 0 Å². The highest BCUT2D eigenvalue weighted by molar-refractivity contribution is 6.22. The van der Waals surface area contributed by atoms with Crippen LogP contribution in [-0.4, -0.2) is 11.8 Å². The topological polar surface area (TPSA) is 66.1 Å². The van der Waals surface area contributed by atoms with Crippen LogP contribution in [0.1, 0.15) is 20.7 Å². The minimum absolute atomic E-state index is 0.0394. The van der Waals surface area contributed by atoms with Gasteiger partial charge in [0.25, 0.3) is 11.8 Å². The number of hydrogen-bond donors (Lipinski definition) is 1. The molecule has 1 radical (unpaired) electrons. The summed E-state index contributed by atoms with van der Waals surface area (Å²) in [5.41, 5.74) is 0.134. The van der Waals surface area contributed by atoms with E-state index in [1.165, 1.54) is 18.2 Å². The van der Waals surface area contributed by atoms with Crippen LogP contribution < -0.4 is 5.32 Å². The standard InChI is InChI=1S/C8H4NO3/c10-5-3-1-2-4-6(5)8(12)9-7(4)11/h1-3H,(H,9,11,12). The predicted octanol–water partition coefficient (Wildman–Crippen LogP) is 0.714. The van der Waals surface area contributed by atoms with Crippen LogP contribution >= 0.6 is 0 Å². The average Bonchev–Trinajstić information content (AvgIpc) is 2.29. The van der Waals surface area contributed by atoms with Crippen molar-refractivity contribution >= 4 is 11.8 Å². The third-order valence-corrected chi connectivity index (χ3v) is 1.72. The molecule has 0 fully saturated rings. The van der Waals surface area contributed by atoms with Gasteiger partial charge in [-0.1, -0.05) is 6.07 Å². The Hall–Kier alpha value is -1.84. The molecule has 1 aromatic rings. The quantitative estimate of drug-likeness (QED) is 0.571. The summed E-state index contributed by atoms with van der Waals surface area (Å²) in [6, 6.07) is 4.17. The van der Waals surface area contributed by atoms with Gasteiger partial charge < -0.3 is 0 Å². The molecule has 0 aromatic heterocycles. The van der Waals surface area contributed by atoms with Crippen molar-refractivity contribution in [1.29, 1.82) is 0 Å². The van der Waals surface area contributed by atoms with Gasteiger partial charge in [0, 0.05) is 0 Å². The fourth-order valence-corrected chi connectivity index (χ4v) is 1.19. The normalized spacial score (nSPS) is 14.3. The summed E-state index contributed by atoms with van der Waals surface area (Å²) in [5.74, 6) is -1.50. The van der Waals surface area contributed by atoms with Gasteiger partial charge in [-0.25, -0.2) is 0 Å². The number of hydrogen-bond acceptors (Lipinski definition) is 2. The van der Waals surface area contributed by atoms with E-state index in [2.05, 4.69) is 0 Å². The maximum Gasteiger partial charge on any atom is 0.262 e. The molecule has 4 heteroatoms. The van der Waals surface area contributed by atoms with Gasteiger partial charge in [0.15, 0.2) is 5.75 Å². The van der Waals surface area contributed by atoms with Crippen molar-refractivity contribution in [2.24, 2.45) is 0 Å². The van der Waals surface area contributed by atoms with Gasteiger partial charge >= 0.3 is 0 Å². The largest absolute Gasteiger partial charge is 0.289 e. The van der Waals surface area contributed by atoms with Crippen molar-refractivity contribution in [1.82, 2.24) is 5.32 Å². The molecule has 0 atom stereocenters. The number of benzene rings is 1. The van der Waals surface area contributed by atoms with Crippen LogP contribution in [0.2, 0.25) is 0 Å². The molecule has 59 valence electrons. The molecule has 1 aliphatic rings. The third kappa shape index (κ3) is 0.717. The van der Waals surface area contributed by atoms with Crippen molar-refractivity contribution in [2.45, 2.75) is 0 Å². The highest BCUT2D eigenvalue weighted by Crippen LogP contribution is 2.24. The SMILES string of the molecule is [O]c1cccc2c1C(=O)NC2=O. The van der Waals surface area contributed by atoms with E-state index in [0.717, 1.165) is 0 Å². The van der Waals surface area contributed by atoms with Crippen LogP contribution in [-0.2, 0) is 5.11 Å². The highest BCUT2D eigenvalue weighted by atomic mass is 16.3. The monoisotopic (exact) mass is 162 g/mol. The Morgan fingerprint density at radius 3 is 2.50 bits per heavy atom. The summed E-state index contributed by atoms with van der Waals surface area (Å²) in [5, 5.41) is 13.1. The predicted molar refractivity (Wildman–Crippen MR) is 38.4 cm³/mol. The van der Waals surface area contributed by atoms with Crippen molar-refractivity contribution in [2.75, 3.05) is 0 Å². The van der Waals surface area contributed by atoms with Gasteiger partial charge in [-0.05, 0) is 12.1 Å². The molecule has 0 bridgehead atoms. The van der Waals surface area contributed by atoms with Crippen molar-refractivity contribution < 1.29 is 14.7 Å². The third-order valence-electron chi connectivity index (χ3n) is 1.72. The van der Waals surface area contributed by atoms with E-state index in [0.29, 0.717) is 0 Å². The summed E-state index contributed by atoms with van der Waals surface area (Å²) >= 11 is 0. The molecule has 1 N–H and O–H groups in total. The maximum absolute atomic E-state index is 11.1. The number of fused-ring (bicyclic) bond motifs is 1. The van der Waals surface area contributed by atoms with Crippen LogP contribution in [0.4, 0.5) is 0 Å². The number of carbonyl (C=O) groups is 2. The van der Waals surface area contributed by atoms with Crippen molar-refractivity contribution in [3.8, 4) is 5.75 Å². The second kappa shape index (κ2) is 2.07. The number of imide groups is 1. The Morgan fingerprint density at radius 1 is 1.08 bits per heavy atom. The second-order valence-corrected chi connectivity index (χ2v) is 2.46. The van der Waals surface area contributed by atoms with Crippen molar-refractivity contribution in [3.05, 3.63) is 29.3 Å². The summed E-state index contributed by atoms with van der Waals surface area (Å²) in [4.78, 5) is 21.9. The second-order valence-electron chi connectivity index (χ2n) is 2.46. The zero-order chi connectivity index (χ0) is 8.72. The molecule has 0 saturated carbocycles. The lowest BCUT2D eigenvalue weighted by Crippen LogP contribution is -2.19. The van der Waals surface area contributed by atoms with E-state index >= 15 is 0 Å². The van der Waals surface area contributed by atoms with Crippen LogP contribution in [0.25, 0.3) is 0 Å². The average molecular weight is 162 g/mol. The molecule has 2 amide bonds. The molecular formula is C8H4NO3. The molecule has 2 rings (SSSR count). The van der Waals surface area contributed by atoms with Crippen LogP contribution in [0, 0.1) is 0 Å². The molecule has 12 heavy (non-hydrogen) atoms. The molecule has 0 spiro atoms. The van der Waals surface area contributed by atoms with Crippen LogP contribution in [0.15, 0.2) is 18.2 Å². The molecule has 1 heterocycles. The van der Waals surface area contributed by atoms with Gasteiger partial charge in [0.2, 0.25) is 0 Å². The first-order chi connectivity index (χ1) is 5.70. The Kier molecular flexibility index (Phi) is 1.18. The van der Waals surface area contributed by atoms with E-state index < -0.39 is 17.6 Å². The summed E-state index contributed by atoms with van der Waals surface area (Å²) in [6.45, 7) is 0. The Morgan fingerprint density at radius 2 is 1.83 bits per heavy atom. The number of carbonyl (C=O) groups excluding carboxylic acids is 2. The fraction of sp³-hybridized carbons (Fsp3) is 0. The molecule has 4 nitrogen and oxygen atoms in total. The van der Waals surface area contributed by atoms with Gasteiger partial charge in [0.1, 0.15) is 0 Å². The Balaban J connectivity index is 2.75. The summed E-state index contributed by atoms with van der Waals surface area (Å²) in [6.07, 6.45) is 0. The molecule has 0 unspecified atom stereocenters. The minimum Gasteiger partial charge on any atom is -0.289 e. The maximum atomic E-state index is 11.1. The number of nitrogens with one attached hydrogen (secondary N) is 1. The Bertz CT molecular complexity index is 384. The van der Waals surface area contributed by atoms with Gasteiger partial charge in [-0.2, -0.15) is 0 Å². The first kappa shape index (κ1) is 6.84. The lowest BCUT2D eigenvalue weighted by molar-refractivity contribution is 0.0878. The molecule has 1 aromatic carbocycles. The Labute approximate surface area is 67.8 Å². The fourth-order valence-electron chi connectivity index (χ4n) is 1.19. The zero-order valence-corrected chi connectivity index (χ0v) is 5.96. The molecule has 1 aliphatic heterocycles. The van der Waals surface area contributed by atoms with E-state index in [1.807, 2.05) is 5.32 Å². The van der Waals surface area contributed by atoms with E-state index in [-0.39, 0.29) is 11.1 Å². The number of rotatable bonds is 0. The lowest BCUT2D eigenvalue weighted by atomic mass is 10.1. The molecule has 0 aliphatic carbocycles. The van der Waals surface area contributed by atoms with Crippen LogP contribution in [0.5, 0.6) is 5.75 Å². The van der Waals surface area contributed by atoms with Crippen LogP contribution in [0.3, 0.4) is 0 Å². The number of amides is 2. The molecule has 0 saturated heterocycles. The first-order valence-electron chi connectivity index (χ1n) is 3.36. The van der Waals surface area contributed by atoms with E-state index in [1.54, 1.807) is 0 Å². The lowest BCUT2D eigenvalue weighted by Gasteiger charge is -1.92. The molecular weight excluding hydrogens is 158 g/mol. The summed E-state index contributed by atoms with van der Waals surface area (Å²) in [7, 11) is 0. The van der Waals surface area contributed by atoms with Gasteiger partial charge in [0.05, 0.1) is 11.1 Å². The van der Waals surface area contributed by atoms with Crippen molar-refractivity contribution in [3.63, 3.8) is 0 Å². The first-order valence-corrected chi connectivity index (χ1v) is 3.36.